The zero-order valence-corrected chi connectivity index (χ0v) is 11.0. The fourth-order valence-corrected chi connectivity index (χ4v) is 3.27. The number of aryl methyl sites for hydroxylation is 2. The number of rotatable bonds is 4. The fourth-order valence-electron chi connectivity index (χ4n) is 1.69. The van der Waals surface area contributed by atoms with E-state index in [1.165, 1.54) is 10.4 Å². The minimum atomic E-state index is 0.164. The maximum atomic E-state index is 5.62. The number of hydrazine groups is 1. The minimum absolute atomic E-state index is 0.164. The van der Waals surface area contributed by atoms with Gasteiger partial charge < -0.3 is 0 Å². The largest absolute Gasteiger partial charge is 0.271 e. The van der Waals surface area contributed by atoms with E-state index in [-0.39, 0.29) is 6.04 Å². The predicted molar refractivity (Wildman–Crippen MR) is 69.7 cm³/mol. The van der Waals surface area contributed by atoms with Crippen molar-refractivity contribution in [3.05, 3.63) is 38.0 Å². The second kappa shape index (κ2) is 5.05. The van der Waals surface area contributed by atoms with E-state index in [2.05, 4.69) is 34.2 Å². The lowest BCUT2D eigenvalue weighted by Gasteiger charge is -2.14. The van der Waals surface area contributed by atoms with Crippen molar-refractivity contribution >= 4 is 22.7 Å². The molecular formula is C11H15N3S2. The summed E-state index contributed by atoms with van der Waals surface area (Å²) in [6.07, 6.45) is 0.854. The summed E-state index contributed by atoms with van der Waals surface area (Å²) in [5, 5.41) is 5.30. The first-order valence-electron chi connectivity index (χ1n) is 5.12. The summed E-state index contributed by atoms with van der Waals surface area (Å²) in [7, 11) is 0. The quantitative estimate of drug-likeness (QED) is 0.650. The Kier molecular flexibility index (Phi) is 3.70. The summed E-state index contributed by atoms with van der Waals surface area (Å²) >= 11 is 3.44. The van der Waals surface area contributed by atoms with Crippen LogP contribution in [0.2, 0.25) is 0 Å². The van der Waals surface area contributed by atoms with Crippen LogP contribution < -0.4 is 11.3 Å². The molecule has 86 valence electrons. The van der Waals surface area contributed by atoms with E-state index in [1.54, 1.807) is 22.7 Å². The zero-order chi connectivity index (χ0) is 11.5. The van der Waals surface area contributed by atoms with Gasteiger partial charge in [-0.2, -0.15) is 0 Å². The van der Waals surface area contributed by atoms with Gasteiger partial charge in [0.05, 0.1) is 11.0 Å². The highest BCUT2D eigenvalue weighted by molar-refractivity contribution is 7.10. The van der Waals surface area contributed by atoms with Crippen LogP contribution in [-0.4, -0.2) is 4.98 Å². The first-order chi connectivity index (χ1) is 7.70. The molecule has 2 rings (SSSR count). The van der Waals surface area contributed by atoms with Gasteiger partial charge in [-0.15, -0.1) is 22.7 Å². The van der Waals surface area contributed by atoms with Crippen molar-refractivity contribution in [1.29, 1.82) is 0 Å². The molecular weight excluding hydrogens is 238 g/mol. The standard InChI is InChI=1S/C11H15N3S2/c1-7-6-16-11(13-7)5-10(14-12)9-3-4-15-8(9)2/h3-4,6,10,14H,5,12H2,1-2H3. The van der Waals surface area contributed by atoms with Gasteiger partial charge in [0.1, 0.15) is 0 Å². The third-order valence-corrected chi connectivity index (χ3v) is 4.37. The summed E-state index contributed by atoms with van der Waals surface area (Å²) in [6.45, 7) is 4.14. The predicted octanol–water partition coefficient (Wildman–Crippen LogP) is 2.57. The van der Waals surface area contributed by atoms with Crippen LogP contribution in [0.4, 0.5) is 0 Å². The van der Waals surface area contributed by atoms with Crippen LogP contribution in [0.15, 0.2) is 16.8 Å². The molecule has 0 bridgehead atoms. The van der Waals surface area contributed by atoms with E-state index in [4.69, 9.17) is 5.84 Å². The van der Waals surface area contributed by atoms with Gasteiger partial charge in [0.15, 0.2) is 0 Å². The van der Waals surface area contributed by atoms with E-state index >= 15 is 0 Å². The van der Waals surface area contributed by atoms with Gasteiger partial charge in [0, 0.05) is 22.4 Å². The lowest BCUT2D eigenvalue weighted by atomic mass is 10.1. The smallest absolute Gasteiger partial charge is 0.0947 e. The van der Waals surface area contributed by atoms with Gasteiger partial charge in [-0.1, -0.05) is 0 Å². The van der Waals surface area contributed by atoms with Gasteiger partial charge in [0.25, 0.3) is 0 Å². The molecule has 5 heteroatoms. The third kappa shape index (κ3) is 2.49. The molecule has 1 atom stereocenters. The molecule has 2 aromatic heterocycles. The van der Waals surface area contributed by atoms with Crippen molar-refractivity contribution in [1.82, 2.24) is 10.4 Å². The molecule has 0 saturated carbocycles. The molecule has 0 saturated heterocycles. The number of nitrogens with two attached hydrogens (primary N) is 1. The van der Waals surface area contributed by atoms with E-state index < -0.39 is 0 Å². The Hall–Kier alpha value is -0.750. The van der Waals surface area contributed by atoms with E-state index in [0.29, 0.717) is 0 Å². The monoisotopic (exact) mass is 253 g/mol. The highest BCUT2D eigenvalue weighted by atomic mass is 32.1. The molecule has 0 aliphatic rings. The second-order valence-corrected chi connectivity index (χ2v) is 5.80. The Morgan fingerprint density at radius 2 is 2.25 bits per heavy atom. The molecule has 3 N–H and O–H groups in total. The maximum absolute atomic E-state index is 5.62. The van der Waals surface area contributed by atoms with E-state index in [0.717, 1.165) is 17.1 Å². The van der Waals surface area contributed by atoms with Gasteiger partial charge in [-0.05, 0) is 30.9 Å². The molecule has 0 radical (unpaired) electrons. The third-order valence-electron chi connectivity index (χ3n) is 2.52. The van der Waals surface area contributed by atoms with Crippen LogP contribution >= 0.6 is 22.7 Å². The van der Waals surface area contributed by atoms with Gasteiger partial charge >= 0.3 is 0 Å². The number of hydrogen-bond acceptors (Lipinski definition) is 5. The highest BCUT2D eigenvalue weighted by Crippen LogP contribution is 2.25. The molecule has 0 aromatic carbocycles. The Morgan fingerprint density at radius 3 is 2.75 bits per heavy atom. The van der Waals surface area contributed by atoms with Gasteiger partial charge in [-0.25, -0.2) is 4.98 Å². The average Bonchev–Trinajstić information content (AvgIpc) is 2.84. The van der Waals surface area contributed by atoms with Crippen LogP contribution in [-0.2, 0) is 6.42 Å². The van der Waals surface area contributed by atoms with Gasteiger partial charge in [0.2, 0.25) is 0 Å². The Morgan fingerprint density at radius 1 is 1.44 bits per heavy atom. The topological polar surface area (TPSA) is 50.9 Å². The molecule has 3 nitrogen and oxygen atoms in total. The van der Waals surface area contributed by atoms with Crippen molar-refractivity contribution in [3.8, 4) is 0 Å². The molecule has 0 aliphatic heterocycles. The van der Waals surface area contributed by atoms with Crippen molar-refractivity contribution in [3.63, 3.8) is 0 Å². The molecule has 16 heavy (non-hydrogen) atoms. The molecule has 0 amide bonds. The van der Waals surface area contributed by atoms with Crippen LogP contribution in [0, 0.1) is 13.8 Å². The van der Waals surface area contributed by atoms with Crippen molar-refractivity contribution in [2.75, 3.05) is 0 Å². The maximum Gasteiger partial charge on any atom is 0.0947 e. The number of nitrogens with zero attached hydrogens (tertiary/aromatic N) is 1. The summed E-state index contributed by atoms with van der Waals surface area (Å²) in [5.74, 6) is 5.62. The number of thiophene rings is 1. The van der Waals surface area contributed by atoms with E-state index in [1.807, 2.05) is 6.92 Å². The molecule has 0 spiro atoms. The number of thiazole rings is 1. The molecule has 0 fully saturated rings. The van der Waals surface area contributed by atoms with Crippen LogP contribution in [0.1, 0.15) is 27.2 Å². The summed E-state index contributed by atoms with van der Waals surface area (Å²) in [6, 6.07) is 2.29. The SMILES string of the molecule is Cc1csc(CC(NN)c2ccsc2C)n1. The number of aromatic nitrogens is 1. The number of nitrogens with one attached hydrogen (secondary N) is 1. The fraction of sp³-hybridized carbons (Fsp3) is 0.364. The first kappa shape index (κ1) is 11.7. The van der Waals surface area contributed by atoms with Gasteiger partial charge in [-0.3, -0.25) is 11.3 Å². The minimum Gasteiger partial charge on any atom is -0.271 e. The zero-order valence-electron chi connectivity index (χ0n) is 9.36. The Balaban J connectivity index is 2.15. The highest BCUT2D eigenvalue weighted by Gasteiger charge is 2.15. The average molecular weight is 253 g/mol. The second-order valence-electron chi connectivity index (χ2n) is 3.74. The molecule has 0 aliphatic carbocycles. The van der Waals surface area contributed by atoms with Crippen LogP contribution in [0.25, 0.3) is 0 Å². The van der Waals surface area contributed by atoms with E-state index in [9.17, 15) is 0 Å². The van der Waals surface area contributed by atoms with Crippen molar-refractivity contribution in [2.24, 2.45) is 5.84 Å². The first-order valence-corrected chi connectivity index (χ1v) is 6.87. The van der Waals surface area contributed by atoms with Crippen LogP contribution in [0.3, 0.4) is 0 Å². The summed E-state index contributed by atoms with van der Waals surface area (Å²) in [4.78, 5) is 5.78. The molecule has 2 heterocycles. The Bertz CT molecular complexity index is 461. The van der Waals surface area contributed by atoms with Crippen molar-refractivity contribution < 1.29 is 0 Å². The molecule has 2 aromatic rings. The number of hydrogen-bond donors (Lipinski definition) is 2. The molecule has 1 unspecified atom stereocenters. The summed E-state index contributed by atoms with van der Waals surface area (Å²) in [5.41, 5.74) is 5.24. The lowest BCUT2D eigenvalue weighted by molar-refractivity contribution is 0.550. The Labute approximate surface area is 103 Å². The lowest BCUT2D eigenvalue weighted by Crippen LogP contribution is -2.29. The van der Waals surface area contributed by atoms with Crippen molar-refractivity contribution in [2.45, 2.75) is 26.3 Å². The summed E-state index contributed by atoms with van der Waals surface area (Å²) < 4.78 is 0. The normalized spacial score (nSPS) is 12.9. The van der Waals surface area contributed by atoms with Crippen LogP contribution in [0.5, 0.6) is 0 Å².